The summed E-state index contributed by atoms with van der Waals surface area (Å²) in [5.41, 5.74) is 2.02. The third-order valence-corrected chi connectivity index (χ3v) is 5.70. The Hall–Kier alpha value is -2.83. The highest BCUT2D eigenvalue weighted by molar-refractivity contribution is 5.95. The van der Waals surface area contributed by atoms with Crippen LogP contribution in [0.3, 0.4) is 0 Å². The minimum absolute atomic E-state index is 0.0318. The molecule has 0 atom stereocenters. The monoisotopic (exact) mass is 426 g/mol. The van der Waals surface area contributed by atoms with Gasteiger partial charge in [-0.2, -0.15) is 5.10 Å². The smallest absolute Gasteiger partial charge is 0.274 e. The Morgan fingerprint density at radius 1 is 1.16 bits per heavy atom. The van der Waals surface area contributed by atoms with Crippen LogP contribution in [-0.4, -0.2) is 46.7 Å². The Balaban J connectivity index is 1.64. The highest BCUT2D eigenvalue weighted by Gasteiger charge is 2.31. The molecule has 2 aromatic rings. The SMILES string of the molecule is COc1ccccc1NC(=O)C1CCN(C(=O)c2cc(C(C)C)n(C(C)(C)C)n2)CC1. The van der Waals surface area contributed by atoms with Crippen molar-refractivity contribution in [1.29, 1.82) is 0 Å². The van der Waals surface area contributed by atoms with Gasteiger partial charge in [-0.3, -0.25) is 14.3 Å². The number of methoxy groups -OCH3 is 1. The van der Waals surface area contributed by atoms with E-state index in [0.29, 0.717) is 43.1 Å². The molecule has 7 heteroatoms. The van der Waals surface area contributed by atoms with Crippen molar-refractivity contribution in [2.24, 2.45) is 5.92 Å². The Morgan fingerprint density at radius 3 is 2.35 bits per heavy atom. The van der Waals surface area contributed by atoms with E-state index in [-0.39, 0.29) is 29.2 Å². The predicted octanol–water partition coefficient (Wildman–Crippen LogP) is 4.26. The first-order chi connectivity index (χ1) is 14.6. The molecule has 0 spiro atoms. The number of benzene rings is 1. The van der Waals surface area contributed by atoms with E-state index in [0.717, 1.165) is 5.69 Å². The quantitative estimate of drug-likeness (QED) is 0.775. The maximum Gasteiger partial charge on any atom is 0.274 e. The van der Waals surface area contributed by atoms with Crippen molar-refractivity contribution in [2.45, 2.75) is 58.9 Å². The van der Waals surface area contributed by atoms with E-state index in [1.807, 2.05) is 39.9 Å². The van der Waals surface area contributed by atoms with Gasteiger partial charge in [0.25, 0.3) is 5.91 Å². The maximum atomic E-state index is 13.1. The molecule has 1 N–H and O–H groups in total. The molecule has 1 fully saturated rings. The van der Waals surface area contributed by atoms with E-state index >= 15 is 0 Å². The number of anilines is 1. The molecule has 0 radical (unpaired) electrons. The van der Waals surface area contributed by atoms with Crippen molar-refractivity contribution < 1.29 is 14.3 Å². The molecule has 0 saturated carbocycles. The van der Waals surface area contributed by atoms with Crippen molar-refractivity contribution in [3.05, 3.63) is 41.7 Å². The number of carbonyl (C=O) groups excluding carboxylic acids is 2. The normalized spacial score (nSPS) is 15.3. The summed E-state index contributed by atoms with van der Waals surface area (Å²) in [5, 5.41) is 7.60. The molecular weight excluding hydrogens is 392 g/mol. The van der Waals surface area contributed by atoms with Crippen LogP contribution in [0.25, 0.3) is 0 Å². The molecule has 31 heavy (non-hydrogen) atoms. The first-order valence-electron chi connectivity index (χ1n) is 11.0. The number of para-hydroxylation sites is 2. The van der Waals surface area contributed by atoms with E-state index in [1.54, 1.807) is 7.11 Å². The maximum absolute atomic E-state index is 13.1. The Labute approximate surface area is 184 Å². The van der Waals surface area contributed by atoms with E-state index in [9.17, 15) is 9.59 Å². The molecule has 7 nitrogen and oxygen atoms in total. The number of rotatable bonds is 5. The number of hydrogen-bond acceptors (Lipinski definition) is 4. The topological polar surface area (TPSA) is 76.5 Å². The average molecular weight is 427 g/mol. The van der Waals surface area contributed by atoms with Gasteiger partial charge >= 0.3 is 0 Å². The summed E-state index contributed by atoms with van der Waals surface area (Å²) in [6.45, 7) is 11.6. The van der Waals surface area contributed by atoms with Gasteiger partial charge in [0.05, 0.1) is 18.3 Å². The van der Waals surface area contributed by atoms with Gasteiger partial charge in [0.15, 0.2) is 5.69 Å². The fourth-order valence-corrected chi connectivity index (χ4v) is 3.94. The number of ether oxygens (including phenoxy) is 1. The first kappa shape index (κ1) is 22.8. The summed E-state index contributed by atoms with van der Waals surface area (Å²) >= 11 is 0. The molecular formula is C24H34N4O3. The van der Waals surface area contributed by atoms with Gasteiger partial charge in [0.2, 0.25) is 5.91 Å². The van der Waals surface area contributed by atoms with E-state index in [4.69, 9.17) is 4.74 Å². The molecule has 168 valence electrons. The zero-order valence-electron chi connectivity index (χ0n) is 19.4. The van der Waals surface area contributed by atoms with Crippen LogP contribution in [0.1, 0.15) is 69.6 Å². The number of nitrogens with one attached hydrogen (secondary N) is 1. The lowest BCUT2D eigenvalue weighted by atomic mass is 9.95. The number of carbonyl (C=O) groups is 2. The van der Waals surface area contributed by atoms with Gasteiger partial charge in [0.1, 0.15) is 5.75 Å². The van der Waals surface area contributed by atoms with Crippen molar-refractivity contribution in [2.75, 3.05) is 25.5 Å². The number of nitrogens with zero attached hydrogens (tertiary/aromatic N) is 3. The fourth-order valence-electron chi connectivity index (χ4n) is 3.94. The Kier molecular flexibility index (Phi) is 6.72. The Bertz CT molecular complexity index is 935. The van der Waals surface area contributed by atoms with Crippen LogP contribution in [0, 0.1) is 5.92 Å². The van der Waals surface area contributed by atoms with E-state index < -0.39 is 0 Å². The summed E-state index contributed by atoms with van der Waals surface area (Å²) in [7, 11) is 1.58. The van der Waals surface area contributed by atoms with Crippen molar-refractivity contribution >= 4 is 17.5 Å². The molecule has 0 aliphatic carbocycles. The molecule has 1 aliphatic heterocycles. The van der Waals surface area contributed by atoms with Crippen LogP contribution in [0.15, 0.2) is 30.3 Å². The van der Waals surface area contributed by atoms with E-state index in [2.05, 4.69) is 45.0 Å². The third kappa shape index (κ3) is 5.09. The molecule has 3 rings (SSSR count). The molecule has 1 aliphatic rings. The van der Waals surface area contributed by atoms with Crippen LogP contribution >= 0.6 is 0 Å². The average Bonchev–Trinajstić information content (AvgIpc) is 3.20. The summed E-state index contributed by atoms with van der Waals surface area (Å²) in [6.07, 6.45) is 1.26. The molecule has 0 unspecified atom stereocenters. The lowest BCUT2D eigenvalue weighted by molar-refractivity contribution is -0.121. The second kappa shape index (κ2) is 9.12. The first-order valence-corrected chi connectivity index (χ1v) is 11.0. The van der Waals surface area contributed by atoms with Crippen LogP contribution in [-0.2, 0) is 10.3 Å². The highest BCUT2D eigenvalue weighted by atomic mass is 16.5. The molecule has 1 aromatic heterocycles. The van der Waals surface area contributed by atoms with Gasteiger partial charge in [-0.25, -0.2) is 0 Å². The molecule has 2 heterocycles. The van der Waals surface area contributed by atoms with E-state index in [1.165, 1.54) is 0 Å². The van der Waals surface area contributed by atoms with Crippen LogP contribution < -0.4 is 10.1 Å². The predicted molar refractivity (Wildman–Crippen MR) is 122 cm³/mol. The van der Waals surface area contributed by atoms with Crippen molar-refractivity contribution in [1.82, 2.24) is 14.7 Å². The fraction of sp³-hybridized carbons (Fsp3) is 0.542. The molecule has 2 amide bonds. The second-order valence-electron chi connectivity index (χ2n) is 9.45. The number of aromatic nitrogens is 2. The van der Waals surface area contributed by atoms with Gasteiger partial charge in [0, 0.05) is 24.7 Å². The van der Waals surface area contributed by atoms with Crippen molar-refractivity contribution in [3.8, 4) is 5.75 Å². The zero-order chi connectivity index (χ0) is 22.8. The van der Waals surface area contributed by atoms with Gasteiger partial charge in [-0.1, -0.05) is 26.0 Å². The lowest BCUT2D eigenvalue weighted by Crippen LogP contribution is -2.41. The minimum atomic E-state index is -0.193. The second-order valence-corrected chi connectivity index (χ2v) is 9.45. The number of hydrogen-bond donors (Lipinski definition) is 1. The largest absolute Gasteiger partial charge is 0.495 e. The minimum Gasteiger partial charge on any atom is -0.495 e. The number of amides is 2. The van der Waals surface area contributed by atoms with Crippen molar-refractivity contribution in [3.63, 3.8) is 0 Å². The summed E-state index contributed by atoms with van der Waals surface area (Å²) in [4.78, 5) is 27.6. The standard InChI is InChI=1S/C24H34N4O3/c1-16(2)20-15-19(26-28(20)24(3,4)5)23(30)27-13-11-17(12-14-27)22(29)25-18-9-7-8-10-21(18)31-6/h7-10,15-17H,11-14H2,1-6H3,(H,25,29). The highest BCUT2D eigenvalue weighted by Crippen LogP contribution is 2.27. The van der Waals surface area contributed by atoms with Crippen LogP contribution in [0.2, 0.25) is 0 Å². The Morgan fingerprint density at radius 2 is 1.81 bits per heavy atom. The zero-order valence-corrected chi connectivity index (χ0v) is 19.4. The van der Waals surface area contributed by atoms with Gasteiger partial charge in [-0.05, 0) is 57.7 Å². The number of likely N-dealkylation sites (tertiary alicyclic amines) is 1. The van der Waals surface area contributed by atoms with Crippen LogP contribution in [0.4, 0.5) is 5.69 Å². The summed E-state index contributed by atoms with van der Waals surface area (Å²) in [6, 6.07) is 9.29. The molecule has 1 saturated heterocycles. The molecule has 0 bridgehead atoms. The molecule has 1 aromatic carbocycles. The summed E-state index contributed by atoms with van der Waals surface area (Å²) in [5.74, 6) is 0.688. The van der Waals surface area contributed by atoms with Crippen LogP contribution in [0.5, 0.6) is 5.75 Å². The summed E-state index contributed by atoms with van der Waals surface area (Å²) < 4.78 is 7.26. The lowest BCUT2D eigenvalue weighted by Gasteiger charge is -2.31. The number of piperidine rings is 1. The van der Waals surface area contributed by atoms with Gasteiger partial charge in [-0.15, -0.1) is 0 Å². The third-order valence-electron chi connectivity index (χ3n) is 5.70. The van der Waals surface area contributed by atoms with Gasteiger partial charge < -0.3 is 15.0 Å².